The quantitative estimate of drug-likeness (QED) is 0.520. The van der Waals surface area contributed by atoms with Crippen LogP contribution in [-0.2, 0) is 6.42 Å². The molecule has 0 saturated heterocycles. The van der Waals surface area contributed by atoms with Gasteiger partial charge in [0, 0.05) is 17.4 Å². The minimum Gasteiger partial charge on any atom is -0.330 e. The Hall–Kier alpha value is -2.43. The Morgan fingerprint density at radius 1 is 1.00 bits per heavy atom. The van der Waals surface area contributed by atoms with E-state index in [4.69, 9.17) is 10.7 Å². The van der Waals surface area contributed by atoms with Crippen LogP contribution < -0.4 is 5.73 Å². The molecular weight excluding hydrogens is 338 g/mol. The van der Waals surface area contributed by atoms with Crippen LogP contribution in [0.5, 0.6) is 0 Å². The summed E-state index contributed by atoms with van der Waals surface area (Å²) in [5.41, 5.74) is 13.1. The smallest absolute Gasteiger partial charge is 0.194 e. The van der Waals surface area contributed by atoms with Crippen LogP contribution in [0.25, 0.3) is 27.5 Å². The SMILES string of the molecule is CC(C)c1ccc(-c2nc3scc(-c4ccccc4)n3c2CCN)cc1. The Morgan fingerprint density at radius 3 is 2.38 bits per heavy atom. The average Bonchev–Trinajstić information content (AvgIpc) is 3.23. The second-order valence-electron chi connectivity index (χ2n) is 6.83. The Labute approximate surface area is 158 Å². The summed E-state index contributed by atoms with van der Waals surface area (Å²) in [4.78, 5) is 5.97. The summed E-state index contributed by atoms with van der Waals surface area (Å²) in [6.07, 6.45) is 0.805. The number of imidazole rings is 1. The van der Waals surface area contributed by atoms with E-state index in [-0.39, 0.29) is 0 Å². The number of nitrogens with zero attached hydrogens (tertiary/aromatic N) is 2. The number of aromatic nitrogens is 2. The van der Waals surface area contributed by atoms with Crippen molar-refractivity contribution in [2.45, 2.75) is 26.2 Å². The molecule has 0 aliphatic carbocycles. The fourth-order valence-electron chi connectivity index (χ4n) is 3.35. The number of hydrogen-bond acceptors (Lipinski definition) is 3. The molecule has 4 rings (SSSR count). The molecule has 0 amide bonds. The minimum atomic E-state index is 0.530. The normalized spacial score (nSPS) is 11.5. The van der Waals surface area contributed by atoms with Gasteiger partial charge in [-0.05, 0) is 23.6 Å². The van der Waals surface area contributed by atoms with E-state index in [9.17, 15) is 0 Å². The van der Waals surface area contributed by atoms with Crippen molar-refractivity contribution >= 4 is 16.3 Å². The van der Waals surface area contributed by atoms with Crippen molar-refractivity contribution in [1.29, 1.82) is 0 Å². The summed E-state index contributed by atoms with van der Waals surface area (Å²) in [5.74, 6) is 0.530. The molecule has 0 unspecified atom stereocenters. The second-order valence-corrected chi connectivity index (χ2v) is 7.66. The van der Waals surface area contributed by atoms with Gasteiger partial charge in [0.05, 0.1) is 17.1 Å². The van der Waals surface area contributed by atoms with Gasteiger partial charge < -0.3 is 5.73 Å². The highest BCUT2D eigenvalue weighted by atomic mass is 32.1. The largest absolute Gasteiger partial charge is 0.330 e. The van der Waals surface area contributed by atoms with E-state index in [0.717, 1.165) is 22.6 Å². The van der Waals surface area contributed by atoms with Crippen LogP contribution >= 0.6 is 11.3 Å². The first-order chi connectivity index (χ1) is 12.7. The Bertz CT molecular complexity index is 1010. The molecule has 2 N–H and O–H groups in total. The maximum Gasteiger partial charge on any atom is 0.194 e. The van der Waals surface area contributed by atoms with Crippen molar-refractivity contribution in [3.63, 3.8) is 0 Å². The van der Waals surface area contributed by atoms with Gasteiger partial charge >= 0.3 is 0 Å². The first-order valence-corrected chi connectivity index (χ1v) is 9.91. The second kappa shape index (κ2) is 7.06. The van der Waals surface area contributed by atoms with Crippen molar-refractivity contribution in [3.8, 4) is 22.5 Å². The lowest BCUT2D eigenvalue weighted by molar-refractivity contribution is 0.867. The van der Waals surface area contributed by atoms with Gasteiger partial charge in [0.25, 0.3) is 0 Å². The van der Waals surface area contributed by atoms with Crippen LogP contribution in [0.2, 0.25) is 0 Å². The van der Waals surface area contributed by atoms with Crippen molar-refractivity contribution in [2.24, 2.45) is 5.73 Å². The molecule has 0 aliphatic rings. The molecular formula is C22H23N3S. The summed E-state index contributed by atoms with van der Waals surface area (Å²) in [6, 6.07) is 19.3. The zero-order chi connectivity index (χ0) is 18.1. The van der Waals surface area contributed by atoms with E-state index in [2.05, 4.69) is 72.2 Å². The lowest BCUT2D eigenvalue weighted by Crippen LogP contribution is -2.06. The van der Waals surface area contributed by atoms with Crippen molar-refractivity contribution in [2.75, 3.05) is 6.54 Å². The molecule has 0 atom stereocenters. The molecule has 3 nitrogen and oxygen atoms in total. The van der Waals surface area contributed by atoms with Gasteiger partial charge in [-0.25, -0.2) is 4.98 Å². The van der Waals surface area contributed by atoms with Gasteiger partial charge in [-0.2, -0.15) is 0 Å². The van der Waals surface area contributed by atoms with E-state index in [1.807, 2.05) is 6.07 Å². The van der Waals surface area contributed by atoms with E-state index < -0.39 is 0 Å². The molecule has 0 spiro atoms. The fraction of sp³-hybridized carbons (Fsp3) is 0.227. The Balaban J connectivity index is 1.88. The highest BCUT2D eigenvalue weighted by Gasteiger charge is 2.18. The molecule has 26 heavy (non-hydrogen) atoms. The number of hydrogen-bond donors (Lipinski definition) is 1. The number of benzene rings is 2. The van der Waals surface area contributed by atoms with Crippen LogP contribution in [0.4, 0.5) is 0 Å². The molecule has 0 radical (unpaired) electrons. The fourth-order valence-corrected chi connectivity index (χ4v) is 4.27. The standard InChI is InChI=1S/C22H23N3S/c1-15(2)16-8-10-18(11-9-16)21-19(12-13-23)25-20(14-26-22(25)24-21)17-6-4-3-5-7-17/h3-11,14-15H,12-13,23H2,1-2H3. The Morgan fingerprint density at radius 2 is 1.73 bits per heavy atom. The molecule has 2 heterocycles. The van der Waals surface area contributed by atoms with Gasteiger partial charge in [0.2, 0.25) is 0 Å². The zero-order valence-electron chi connectivity index (χ0n) is 15.1. The van der Waals surface area contributed by atoms with Crippen LogP contribution in [0.1, 0.15) is 31.0 Å². The summed E-state index contributed by atoms with van der Waals surface area (Å²) in [5, 5.41) is 2.18. The highest BCUT2D eigenvalue weighted by Crippen LogP contribution is 2.33. The molecule has 0 saturated carbocycles. The average molecular weight is 362 g/mol. The summed E-state index contributed by atoms with van der Waals surface area (Å²) < 4.78 is 2.28. The summed E-state index contributed by atoms with van der Waals surface area (Å²) in [6.45, 7) is 5.04. The highest BCUT2D eigenvalue weighted by molar-refractivity contribution is 7.15. The van der Waals surface area contributed by atoms with E-state index in [1.54, 1.807) is 11.3 Å². The third-order valence-electron chi connectivity index (χ3n) is 4.76. The zero-order valence-corrected chi connectivity index (χ0v) is 16.0. The van der Waals surface area contributed by atoms with Crippen molar-refractivity contribution < 1.29 is 0 Å². The lowest BCUT2D eigenvalue weighted by atomic mass is 10.00. The van der Waals surface area contributed by atoms with Gasteiger partial charge in [0.15, 0.2) is 4.96 Å². The first-order valence-electron chi connectivity index (χ1n) is 9.03. The predicted molar refractivity (Wildman–Crippen MR) is 111 cm³/mol. The minimum absolute atomic E-state index is 0.530. The third-order valence-corrected chi connectivity index (χ3v) is 5.59. The molecule has 0 fully saturated rings. The molecule has 0 aliphatic heterocycles. The number of thiazole rings is 1. The number of rotatable bonds is 5. The number of nitrogens with two attached hydrogens (primary N) is 1. The van der Waals surface area contributed by atoms with Crippen LogP contribution in [-0.4, -0.2) is 15.9 Å². The maximum absolute atomic E-state index is 5.94. The first kappa shape index (κ1) is 17.0. The van der Waals surface area contributed by atoms with Crippen LogP contribution in [0.3, 0.4) is 0 Å². The van der Waals surface area contributed by atoms with E-state index in [0.29, 0.717) is 12.5 Å². The van der Waals surface area contributed by atoms with Gasteiger partial charge in [-0.3, -0.25) is 4.40 Å². The van der Waals surface area contributed by atoms with Crippen molar-refractivity contribution in [1.82, 2.24) is 9.38 Å². The topological polar surface area (TPSA) is 43.3 Å². The maximum atomic E-state index is 5.94. The monoisotopic (exact) mass is 361 g/mol. The molecule has 0 bridgehead atoms. The van der Waals surface area contributed by atoms with E-state index in [1.165, 1.54) is 22.5 Å². The molecule has 132 valence electrons. The van der Waals surface area contributed by atoms with Gasteiger partial charge in [-0.15, -0.1) is 11.3 Å². The summed E-state index contributed by atoms with van der Waals surface area (Å²) in [7, 11) is 0. The van der Waals surface area contributed by atoms with Crippen LogP contribution in [0, 0.1) is 0 Å². The predicted octanol–water partition coefficient (Wildman–Crippen LogP) is 5.35. The number of fused-ring (bicyclic) bond motifs is 1. The van der Waals surface area contributed by atoms with E-state index >= 15 is 0 Å². The summed E-state index contributed by atoms with van der Waals surface area (Å²) >= 11 is 1.68. The molecule has 4 aromatic rings. The van der Waals surface area contributed by atoms with Crippen LogP contribution in [0.15, 0.2) is 60.0 Å². The molecule has 4 heteroatoms. The lowest BCUT2D eigenvalue weighted by Gasteiger charge is -2.08. The molecule has 2 aromatic heterocycles. The molecule has 2 aromatic carbocycles. The third kappa shape index (κ3) is 2.96. The van der Waals surface area contributed by atoms with Crippen molar-refractivity contribution in [3.05, 3.63) is 71.2 Å². The Kier molecular flexibility index (Phi) is 4.62. The van der Waals surface area contributed by atoms with Gasteiger partial charge in [0.1, 0.15) is 0 Å². The van der Waals surface area contributed by atoms with Gasteiger partial charge in [-0.1, -0.05) is 68.4 Å².